The van der Waals surface area contributed by atoms with Crippen molar-refractivity contribution in [2.75, 3.05) is 33.2 Å². The van der Waals surface area contributed by atoms with Gasteiger partial charge in [0.25, 0.3) is 0 Å². The molecule has 0 saturated carbocycles. The van der Waals surface area contributed by atoms with Crippen LogP contribution in [-0.4, -0.2) is 60.9 Å². The normalized spacial score (nSPS) is 26.7. The van der Waals surface area contributed by atoms with Crippen LogP contribution in [0.1, 0.15) is 26.2 Å². The Morgan fingerprint density at radius 2 is 2.21 bits per heavy atom. The van der Waals surface area contributed by atoms with E-state index < -0.39 is 0 Å². The molecule has 110 valence electrons. The smallest absolute Gasteiger partial charge is 0.228 e. The molecule has 0 aromatic rings. The van der Waals surface area contributed by atoms with Gasteiger partial charge in [-0.15, -0.1) is 12.4 Å². The highest BCUT2D eigenvalue weighted by atomic mass is 35.5. The minimum Gasteiger partial charge on any atom is -0.342 e. The van der Waals surface area contributed by atoms with Gasteiger partial charge < -0.3 is 15.1 Å². The maximum absolute atomic E-state index is 12.5. The van der Waals surface area contributed by atoms with Crippen molar-refractivity contribution < 1.29 is 9.59 Å². The molecule has 1 N–H and O–H groups in total. The van der Waals surface area contributed by atoms with Crippen LogP contribution in [0, 0.1) is 5.92 Å². The molecule has 2 heterocycles. The van der Waals surface area contributed by atoms with E-state index in [1.165, 1.54) is 0 Å². The van der Waals surface area contributed by atoms with Crippen LogP contribution < -0.4 is 5.32 Å². The van der Waals surface area contributed by atoms with Gasteiger partial charge in [0.15, 0.2) is 0 Å². The summed E-state index contributed by atoms with van der Waals surface area (Å²) >= 11 is 0. The minimum absolute atomic E-state index is 0. The van der Waals surface area contributed by atoms with E-state index in [2.05, 4.69) is 5.32 Å². The molecule has 2 saturated heterocycles. The summed E-state index contributed by atoms with van der Waals surface area (Å²) in [5.41, 5.74) is 0. The average molecular weight is 290 g/mol. The van der Waals surface area contributed by atoms with E-state index in [-0.39, 0.29) is 30.1 Å². The van der Waals surface area contributed by atoms with E-state index in [1.807, 2.05) is 18.9 Å². The summed E-state index contributed by atoms with van der Waals surface area (Å²) < 4.78 is 0. The Bertz CT molecular complexity index is 338. The summed E-state index contributed by atoms with van der Waals surface area (Å²) in [5, 5.41) is 3.14. The Kier molecular flexibility index (Phi) is 6.07. The van der Waals surface area contributed by atoms with E-state index in [0.717, 1.165) is 25.9 Å². The molecule has 0 aromatic carbocycles. The van der Waals surface area contributed by atoms with Crippen molar-refractivity contribution in [3.05, 3.63) is 0 Å². The quantitative estimate of drug-likeness (QED) is 0.819. The number of hydrogen-bond acceptors (Lipinski definition) is 3. The van der Waals surface area contributed by atoms with Crippen LogP contribution in [0.15, 0.2) is 0 Å². The number of hydrogen-bond donors (Lipinski definition) is 1. The van der Waals surface area contributed by atoms with Crippen LogP contribution in [0.3, 0.4) is 0 Å². The molecule has 2 fully saturated rings. The third-order valence-corrected chi connectivity index (χ3v) is 4.05. The molecule has 2 unspecified atom stereocenters. The fourth-order valence-electron chi connectivity index (χ4n) is 3.05. The molecule has 2 rings (SSSR count). The first-order chi connectivity index (χ1) is 8.67. The monoisotopic (exact) mass is 289 g/mol. The van der Waals surface area contributed by atoms with Crippen molar-refractivity contribution in [1.29, 1.82) is 0 Å². The van der Waals surface area contributed by atoms with Gasteiger partial charge in [-0.2, -0.15) is 0 Å². The van der Waals surface area contributed by atoms with Crippen molar-refractivity contribution in [1.82, 2.24) is 15.1 Å². The standard InChI is InChI=1S/C13H23N3O2.ClH/c1-3-15-9-10(7-12(15)17)13(18)16-6-4-5-11(16)8-14-2;/h10-11,14H,3-9H2,1-2H3;1H. The van der Waals surface area contributed by atoms with Crippen LogP contribution in [-0.2, 0) is 9.59 Å². The van der Waals surface area contributed by atoms with Crippen molar-refractivity contribution in [3.63, 3.8) is 0 Å². The largest absolute Gasteiger partial charge is 0.342 e. The topological polar surface area (TPSA) is 52.7 Å². The van der Waals surface area contributed by atoms with Gasteiger partial charge in [-0.25, -0.2) is 0 Å². The van der Waals surface area contributed by atoms with Gasteiger partial charge >= 0.3 is 0 Å². The first-order valence-corrected chi connectivity index (χ1v) is 6.90. The zero-order valence-electron chi connectivity index (χ0n) is 11.7. The van der Waals surface area contributed by atoms with Gasteiger partial charge in [0, 0.05) is 38.6 Å². The lowest BCUT2D eigenvalue weighted by Gasteiger charge is -2.27. The molecule has 0 aromatic heterocycles. The van der Waals surface area contributed by atoms with Gasteiger partial charge in [-0.05, 0) is 26.8 Å². The fourth-order valence-corrected chi connectivity index (χ4v) is 3.05. The van der Waals surface area contributed by atoms with Gasteiger partial charge in [0.2, 0.25) is 11.8 Å². The van der Waals surface area contributed by atoms with Crippen LogP contribution in [0.25, 0.3) is 0 Å². The van der Waals surface area contributed by atoms with Crippen molar-refractivity contribution in [2.24, 2.45) is 5.92 Å². The third kappa shape index (κ3) is 3.39. The van der Waals surface area contributed by atoms with Crippen LogP contribution >= 0.6 is 12.4 Å². The predicted octanol–water partition coefficient (Wildman–Crippen LogP) is 0.487. The summed E-state index contributed by atoms with van der Waals surface area (Å²) in [6.45, 7) is 4.98. The zero-order valence-corrected chi connectivity index (χ0v) is 12.5. The lowest BCUT2D eigenvalue weighted by molar-refractivity contribution is -0.136. The molecule has 19 heavy (non-hydrogen) atoms. The zero-order chi connectivity index (χ0) is 13.1. The van der Waals surface area contributed by atoms with E-state index in [0.29, 0.717) is 25.6 Å². The lowest BCUT2D eigenvalue weighted by atomic mass is 10.1. The van der Waals surface area contributed by atoms with E-state index in [9.17, 15) is 9.59 Å². The molecule has 2 aliphatic rings. The van der Waals surface area contributed by atoms with Crippen molar-refractivity contribution in [3.8, 4) is 0 Å². The van der Waals surface area contributed by atoms with E-state index in [1.54, 1.807) is 4.90 Å². The number of nitrogens with one attached hydrogen (secondary N) is 1. The van der Waals surface area contributed by atoms with Crippen molar-refractivity contribution in [2.45, 2.75) is 32.2 Å². The summed E-state index contributed by atoms with van der Waals surface area (Å²) in [4.78, 5) is 27.9. The molecule has 0 radical (unpaired) electrons. The maximum atomic E-state index is 12.5. The summed E-state index contributed by atoms with van der Waals surface area (Å²) in [6.07, 6.45) is 2.55. The first-order valence-electron chi connectivity index (χ1n) is 6.90. The second kappa shape index (κ2) is 7.10. The highest BCUT2D eigenvalue weighted by Gasteiger charge is 2.38. The van der Waals surface area contributed by atoms with Gasteiger partial charge in [0.05, 0.1) is 5.92 Å². The summed E-state index contributed by atoms with van der Waals surface area (Å²) in [6, 6.07) is 0.313. The number of halogens is 1. The lowest BCUT2D eigenvalue weighted by Crippen LogP contribution is -2.44. The van der Waals surface area contributed by atoms with Crippen molar-refractivity contribution >= 4 is 24.2 Å². The average Bonchev–Trinajstić information content (AvgIpc) is 2.95. The second-order valence-corrected chi connectivity index (χ2v) is 5.22. The summed E-state index contributed by atoms with van der Waals surface area (Å²) in [5.74, 6) is 0.187. The number of amides is 2. The van der Waals surface area contributed by atoms with Crippen LogP contribution in [0.5, 0.6) is 0 Å². The van der Waals surface area contributed by atoms with Crippen LogP contribution in [0.2, 0.25) is 0 Å². The Balaban J connectivity index is 0.00000180. The SMILES string of the molecule is CCN1CC(C(=O)N2CCCC2CNC)CC1=O.Cl. The Hall–Kier alpha value is -0.810. The molecule has 0 spiro atoms. The first kappa shape index (κ1) is 16.2. The summed E-state index contributed by atoms with van der Waals surface area (Å²) in [7, 11) is 1.92. The predicted molar refractivity (Wildman–Crippen MR) is 76.3 cm³/mol. The molecule has 0 aliphatic carbocycles. The Labute approximate surface area is 121 Å². The maximum Gasteiger partial charge on any atom is 0.228 e. The van der Waals surface area contributed by atoms with E-state index in [4.69, 9.17) is 0 Å². The van der Waals surface area contributed by atoms with Gasteiger partial charge in [-0.3, -0.25) is 9.59 Å². The highest BCUT2D eigenvalue weighted by molar-refractivity contribution is 5.89. The number of rotatable bonds is 4. The second-order valence-electron chi connectivity index (χ2n) is 5.22. The molecule has 6 heteroatoms. The van der Waals surface area contributed by atoms with Gasteiger partial charge in [0.1, 0.15) is 0 Å². The molecular weight excluding hydrogens is 266 g/mol. The number of nitrogens with zero attached hydrogens (tertiary/aromatic N) is 2. The fraction of sp³-hybridized carbons (Fsp3) is 0.846. The van der Waals surface area contributed by atoms with E-state index >= 15 is 0 Å². The number of likely N-dealkylation sites (N-methyl/N-ethyl adjacent to an activating group) is 1. The van der Waals surface area contributed by atoms with Gasteiger partial charge in [-0.1, -0.05) is 0 Å². The highest BCUT2D eigenvalue weighted by Crippen LogP contribution is 2.24. The third-order valence-electron chi connectivity index (χ3n) is 4.05. The minimum atomic E-state index is -0.116. The molecule has 2 atom stereocenters. The molecule has 2 aliphatic heterocycles. The molecular formula is C13H24ClN3O2. The molecule has 0 bridgehead atoms. The Morgan fingerprint density at radius 3 is 2.79 bits per heavy atom. The number of carbonyl (C=O) groups excluding carboxylic acids is 2. The Morgan fingerprint density at radius 1 is 1.47 bits per heavy atom. The molecule has 2 amide bonds. The number of carbonyl (C=O) groups is 2. The van der Waals surface area contributed by atoms with Crippen LogP contribution in [0.4, 0.5) is 0 Å². The molecule has 5 nitrogen and oxygen atoms in total. The number of likely N-dealkylation sites (tertiary alicyclic amines) is 2.